The molecule has 2 N–H and O–H groups in total. The molecule has 0 saturated carbocycles. The van der Waals surface area contributed by atoms with Crippen molar-refractivity contribution in [3.63, 3.8) is 0 Å². The molecule has 1 heterocycles. The lowest BCUT2D eigenvalue weighted by Gasteiger charge is -2.08. The third-order valence-electron chi connectivity index (χ3n) is 2.94. The van der Waals surface area contributed by atoms with E-state index in [-0.39, 0.29) is 4.90 Å². The molecule has 0 aliphatic carbocycles. The van der Waals surface area contributed by atoms with Gasteiger partial charge in [-0.25, -0.2) is 8.42 Å². The molecule has 0 fully saturated rings. The molecule has 0 aliphatic rings. The second-order valence-corrected chi connectivity index (χ2v) is 6.04. The molecule has 0 unspecified atom stereocenters. The maximum atomic E-state index is 12.3. The van der Waals surface area contributed by atoms with Crippen LogP contribution in [0.3, 0.4) is 0 Å². The number of sulfonamides is 1. The van der Waals surface area contributed by atoms with Crippen LogP contribution in [-0.2, 0) is 16.4 Å². The largest absolute Gasteiger partial charge is 0.281 e. The van der Waals surface area contributed by atoms with E-state index in [4.69, 9.17) is 0 Å². The van der Waals surface area contributed by atoms with Gasteiger partial charge in [-0.3, -0.25) is 9.82 Å². The average molecular weight is 279 g/mol. The van der Waals surface area contributed by atoms with Crippen LogP contribution in [0.4, 0.5) is 5.69 Å². The number of aryl methyl sites for hydroxylation is 3. The van der Waals surface area contributed by atoms with Crippen molar-refractivity contribution < 1.29 is 8.42 Å². The molecule has 0 bridgehead atoms. The smallest absolute Gasteiger partial charge is 0.265 e. The van der Waals surface area contributed by atoms with Crippen molar-refractivity contribution in [2.24, 2.45) is 0 Å². The van der Waals surface area contributed by atoms with Crippen molar-refractivity contribution in [1.82, 2.24) is 10.2 Å². The molecule has 1 aromatic carbocycles. The van der Waals surface area contributed by atoms with Crippen LogP contribution in [0, 0.1) is 13.8 Å². The van der Waals surface area contributed by atoms with E-state index >= 15 is 0 Å². The molecule has 2 aromatic rings. The monoisotopic (exact) mass is 279 g/mol. The Morgan fingerprint density at radius 2 is 1.84 bits per heavy atom. The molecule has 0 aliphatic heterocycles. The molecule has 0 spiro atoms. The highest BCUT2D eigenvalue weighted by molar-refractivity contribution is 7.92. The summed E-state index contributed by atoms with van der Waals surface area (Å²) in [5, 5.41) is 6.59. The lowest BCUT2D eigenvalue weighted by molar-refractivity contribution is 0.600. The summed E-state index contributed by atoms with van der Waals surface area (Å²) in [6.07, 6.45) is 0.924. The van der Waals surface area contributed by atoms with Gasteiger partial charge < -0.3 is 0 Å². The molecular weight excluding hydrogens is 262 g/mol. The van der Waals surface area contributed by atoms with Crippen LogP contribution < -0.4 is 4.72 Å². The molecule has 0 saturated heterocycles. The van der Waals surface area contributed by atoms with Gasteiger partial charge in [0.2, 0.25) is 0 Å². The number of aromatic nitrogens is 2. The normalized spacial score (nSPS) is 11.5. The van der Waals surface area contributed by atoms with E-state index in [1.807, 2.05) is 12.1 Å². The number of H-pyrrole nitrogens is 1. The van der Waals surface area contributed by atoms with Gasteiger partial charge in [-0.05, 0) is 38.0 Å². The molecule has 19 heavy (non-hydrogen) atoms. The molecule has 102 valence electrons. The summed E-state index contributed by atoms with van der Waals surface area (Å²) in [4.78, 5) is 0.215. The fraction of sp³-hybridized carbons (Fsp3) is 0.308. The second-order valence-electron chi connectivity index (χ2n) is 4.42. The van der Waals surface area contributed by atoms with Gasteiger partial charge in [0.1, 0.15) is 4.90 Å². The van der Waals surface area contributed by atoms with Crippen LogP contribution in [0.1, 0.15) is 23.9 Å². The topological polar surface area (TPSA) is 74.8 Å². The van der Waals surface area contributed by atoms with Gasteiger partial charge in [-0.2, -0.15) is 5.10 Å². The van der Waals surface area contributed by atoms with Crippen LogP contribution in [-0.4, -0.2) is 18.6 Å². The van der Waals surface area contributed by atoms with Gasteiger partial charge in [-0.15, -0.1) is 0 Å². The SMILES string of the molecule is CCc1ccc(NS(=O)(=O)c2c(C)n[nH]c2C)cc1. The lowest BCUT2D eigenvalue weighted by Crippen LogP contribution is -2.14. The Balaban J connectivity index is 2.31. The molecule has 0 atom stereocenters. The first-order chi connectivity index (χ1) is 8.94. The quantitative estimate of drug-likeness (QED) is 0.902. The third-order valence-corrected chi connectivity index (χ3v) is 4.59. The second kappa shape index (κ2) is 5.05. The molecule has 0 radical (unpaired) electrons. The van der Waals surface area contributed by atoms with E-state index in [0.29, 0.717) is 17.1 Å². The summed E-state index contributed by atoms with van der Waals surface area (Å²) in [6.45, 7) is 5.41. The first kappa shape index (κ1) is 13.6. The number of rotatable bonds is 4. The standard InChI is InChI=1S/C13H17N3O2S/c1-4-11-5-7-12(8-6-11)16-19(17,18)13-9(2)14-15-10(13)3/h5-8,16H,4H2,1-3H3,(H,14,15). The zero-order valence-electron chi connectivity index (χ0n) is 11.2. The van der Waals surface area contributed by atoms with Crippen molar-refractivity contribution in [3.8, 4) is 0 Å². The Morgan fingerprint density at radius 1 is 1.21 bits per heavy atom. The van der Waals surface area contributed by atoms with E-state index < -0.39 is 10.0 Å². The summed E-state index contributed by atoms with van der Waals surface area (Å²) in [7, 11) is -3.59. The minimum absolute atomic E-state index is 0.215. The van der Waals surface area contributed by atoms with Gasteiger partial charge >= 0.3 is 0 Å². The molecule has 5 nitrogen and oxygen atoms in total. The van der Waals surface area contributed by atoms with Gasteiger partial charge in [0.15, 0.2) is 0 Å². The van der Waals surface area contributed by atoms with Crippen molar-refractivity contribution in [3.05, 3.63) is 41.2 Å². The van der Waals surface area contributed by atoms with Crippen molar-refractivity contribution >= 4 is 15.7 Å². The first-order valence-corrected chi connectivity index (χ1v) is 7.55. The van der Waals surface area contributed by atoms with Gasteiger partial charge in [0.25, 0.3) is 10.0 Å². The summed E-state index contributed by atoms with van der Waals surface area (Å²) < 4.78 is 27.1. The maximum Gasteiger partial charge on any atom is 0.265 e. The predicted octanol–water partition coefficient (Wildman–Crippen LogP) is 2.39. The van der Waals surface area contributed by atoms with Crippen LogP contribution in [0.2, 0.25) is 0 Å². The predicted molar refractivity (Wildman–Crippen MR) is 74.7 cm³/mol. The summed E-state index contributed by atoms with van der Waals surface area (Å²) in [5.41, 5.74) is 2.72. The zero-order valence-corrected chi connectivity index (χ0v) is 12.0. The van der Waals surface area contributed by atoms with Gasteiger partial charge in [0.05, 0.1) is 11.4 Å². The summed E-state index contributed by atoms with van der Waals surface area (Å²) >= 11 is 0. The molecule has 6 heteroatoms. The minimum atomic E-state index is -3.59. The first-order valence-electron chi connectivity index (χ1n) is 6.07. The lowest BCUT2D eigenvalue weighted by atomic mass is 10.2. The molecule has 2 rings (SSSR count). The minimum Gasteiger partial charge on any atom is -0.281 e. The number of nitrogens with one attached hydrogen (secondary N) is 2. The van der Waals surface area contributed by atoms with Crippen LogP contribution in [0.25, 0.3) is 0 Å². The van der Waals surface area contributed by atoms with E-state index in [9.17, 15) is 8.42 Å². The zero-order chi connectivity index (χ0) is 14.0. The van der Waals surface area contributed by atoms with E-state index in [2.05, 4.69) is 21.8 Å². The maximum absolute atomic E-state index is 12.3. The number of aromatic amines is 1. The van der Waals surface area contributed by atoms with Crippen molar-refractivity contribution in [2.45, 2.75) is 32.1 Å². The van der Waals surface area contributed by atoms with E-state index in [1.165, 1.54) is 5.56 Å². The van der Waals surface area contributed by atoms with Gasteiger partial charge in [-0.1, -0.05) is 19.1 Å². The van der Waals surface area contributed by atoms with Crippen LogP contribution in [0.5, 0.6) is 0 Å². The highest BCUT2D eigenvalue weighted by Crippen LogP contribution is 2.21. The third kappa shape index (κ3) is 2.78. The Kier molecular flexibility index (Phi) is 3.61. The average Bonchev–Trinajstić information content (AvgIpc) is 2.70. The number of anilines is 1. The highest BCUT2D eigenvalue weighted by atomic mass is 32.2. The summed E-state index contributed by atoms with van der Waals surface area (Å²) in [5.74, 6) is 0. The number of hydrogen-bond donors (Lipinski definition) is 2. The number of benzene rings is 1. The molecular formula is C13H17N3O2S. The highest BCUT2D eigenvalue weighted by Gasteiger charge is 2.22. The van der Waals surface area contributed by atoms with Crippen molar-refractivity contribution in [1.29, 1.82) is 0 Å². The van der Waals surface area contributed by atoms with Crippen LogP contribution in [0.15, 0.2) is 29.2 Å². The summed E-state index contributed by atoms with van der Waals surface area (Å²) in [6, 6.07) is 7.35. The fourth-order valence-corrected chi connectivity index (χ4v) is 3.38. The van der Waals surface area contributed by atoms with Gasteiger partial charge in [0, 0.05) is 5.69 Å². The van der Waals surface area contributed by atoms with Crippen molar-refractivity contribution in [2.75, 3.05) is 4.72 Å². The van der Waals surface area contributed by atoms with E-state index in [1.54, 1.807) is 26.0 Å². The Labute approximate surface area is 113 Å². The molecule has 1 aromatic heterocycles. The Hall–Kier alpha value is -1.82. The van der Waals surface area contributed by atoms with Crippen LogP contribution >= 0.6 is 0 Å². The Morgan fingerprint density at radius 3 is 2.32 bits per heavy atom. The van der Waals surface area contributed by atoms with E-state index in [0.717, 1.165) is 6.42 Å². The fourth-order valence-electron chi connectivity index (χ4n) is 1.95. The Bertz CT molecular complexity index is 653. The number of nitrogens with zero attached hydrogens (tertiary/aromatic N) is 1. The number of hydrogen-bond acceptors (Lipinski definition) is 3. The molecule has 0 amide bonds.